The third-order valence-corrected chi connectivity index (χ3v) is 4.00. The summed E-state index contributed by atoms with van der Waals surface area (Å²) in [4.78, 5) is 16.6. The van der Waals surface area contributed by atoms with Crippen molar-refractivity contribution < 1.29 is 4.79 Å². The molecule has 0 radical (unpaired) electrons. The maximum absolute atomic E-state index is 12.3. The van der Waals surface area contributed by atoms with Crippen LogP contribution in [0.25, 0.3) is 5.65 Å². The smallest absolute Gasteiger partial charge is 0.255 e. The minimum Gasteiger partial charge on any atom is -0.352 e. The van der Waals surface area contributed by atoms with E-state index in [1.807, 2.05) is 41.1 Å². The van der Waals surface area contributed by atoms with Crippen LogP contribution < -0.4 is 5.32 Å². The van der Waals surface area contributed by atoms with Crippen molar-refractivity contribution in [3.05, 3.63) is 69.5 Å². The summed E-state index contributed by atoms with van der Waals surface area (Å²) in [5.74, 6) is -0.133. The summed E-state index contributed by atoms with van der Waals surface area (Å²) in [5, 5.41) is 3.64. The highest BCUT2D eigenvalue weighted by molar-refractivity contribution is 9.10. The van der Waals surface area contributed by atoms with Gasteiger partial charge in [0.05, 0.1) is 5.56 Å². The molecule has 6 heteroatoms. The third-order valence-electron chi connectivity index (χ3n) is 3.31. The Morgan fingerprint density at radius 1 is 1.32 bits per heavy atom. The number of benzene rings is 1. The number of aromatic nitrogens is 2. The first-order chi connectivity index (χ1) is 10.6. The van der Waals surface area contributed by atoms with Gasteiger partial charge in [-0.3, -0.25) is 4.79 Å². The molecule has 22 heavy (non-hydrogen) atoms. The average Bonchev–Trinajstić information content (AvgIpc) is 2.96. The van der Waals surface area contributed by atoms with E-state index in [0.717, 1.165) is 16.5 Å². The van der Waals surface area contributed by atoms with E-state index in [0.29, 0.717) is 22.8 Å². The molecule has 0 fully saturated rings. The molecule has 4 nitrogen and oxygen atoms in total. The minimum absolute atomic E-state index is 0.133. The van der Waals surface area contributed by atoms with Gasteiger partial charge in [-0.2, -0.15) is 0 Å². The minimum atomic E-state index is -0.133. The molecule has 2 aromatic heterocycles. The summed E-state index contributed by atoms with van der Waals surface area (Å²) in [5.41, 5.74) is 2.33. The first kappa shape index (κ1) is 15.1. The molecule has 0 atom stereocenters. The van der Waals surface area contributed by atoms with Crippen molar-refractivity contribution >= 4 is 39.1 Å². The maximum Gasteiger partial charge on any atom is 0.255 e. The first-order valence-corrected chi connectivity index (χ1v) is 7.95. The molecule has 1 amide bonds. The van der Waals surface area contributed by atoms with Gasteiger partial charge < -0.3 is 9.72 Å². The summed E-state index contributed by atoms with van der Waals surface area (Å²) >= 11 is 9.26. The van der Waals surface area contributed by atoms with E-state index < -0.39 is 0 Å². The number of amides is 1. The molecule has 2 heterocycles. The van der Waals surface area contributed by atoms with Crippen molar-refractivity contribution in [2.24, 2.45) is 0 Å². The van der Waals surface area contributed by atoms with E-state index in [-0.39, 0.29) is 5.91 Å². The molecule has 0 aliphatic heterocycles. The van der Waals surface area contributed by atoms with Gasteiger partial charge in [0.2, 0.25) is 0 Å². The van der Waals surface area contributed by atoms with Crippen molar-refractivity contribution in [2.75, 3.05) is 6.54 Å². The van der Waals surface area contributed by atoms with Crippen molar-refractivity contribution in [1.82, 2.24) is 14.7 Å². The molecule has 0 aliphatic carbocycles. The van der Waals surface area contributed by atoms with Crippen LogP contribution in [0.3, 0.4) is 0 Å². The van der Waals surface area contributed by atoms with Crippen molar-refractivity contribution in [3.63, 3.8) is 0 Å². The Labute approximate surface area is 141 Å². The summed E-state index contributed by atoms with van der Waals surface area (Å²) in [6.07, 6.45) is 6.10. The molecular formula is C16H13BrClN3O. The fourth-order valence-corrected chi connectivity index (χ4v) is 2.81. The molecule has 3 rings (SSSR count). The molecule has 112 valence electrons. The van der Waals surface area contributed by atoms with Gasteiger partial charge in [0, 0.05) is 34.6 Å². The van der Waals surface area contributed by atoms with Crippen LogP contribution in [0.5, 0.6) is 0 Å². The standard InChI is InChI=1S/C16H13BrClN3O/c17-12-9-14(15-19-7-8-21(15)10-12)16(22)20-6-5-11-1-3-13(18)4-2-11/h1-4,7-10H,5-6H2,(H,20,22). The lowest BCUT2D eigenvalue weighted by molar-refractivity contribution is 0.0955. The second kappa shape index (κ2) is 6.50. The number of halogens is 2. The average molecular weight is 379 g/mol. The largest absolute Gasteiger partial charge is 0.352 e. The van der Waals surface area contributed by atoms with E-state index >= 15 is 0 Å². The number of hydrogen-bond acceptors (Lipinski definition) is 2. The van der Waals surface area contributed by atoms with Crippen LogP contribution in [-0.2, 0) is 6.42 Å². The topological polar surface area (TPSA) is 46.4 Å². The van der Waals surface area contributed by atoms with Crippen LogP contribution in [0.15, 0.2) is 53.4 Å². The number of fused-ring (bicyclic) bond motifs is 1. The fraction of sp³-hybridized carbons (Fsp3) is 0.125. The number of pyridine rings is 1. The normalized spacial score (nSPS) is 10.8. The van der Waals surface area contributed by atoms with E-state index in [1.165, 1.54) is 0 Å². The number of nitrogens with one attached hydrogen (secondary N) is 1. The quantitative estimate of drug-likeness (QED) is 0.752. The van der Waals surface area contributed by atoms with Crippen LogP contribution >= 0.6 is 27.5 Å². The van der Waals surface area contributed by atoms with E-state index in [2.05, 4.69) is 26.2 Å². The lowest BCUT2D eigenvalue weighted by Gasteiger charge is -2.07. The molecule has 0 bridgehead atoms. The van der Waals surface area contributed by atoms with Crippen molar-refractivity contribution in [1.29, 1.82) is 0 Å². The number of nitrogens with zero attached hydrogens (tertiary/aromatic N) is 2. The molecule has 0 aliphatic rings. The Morgan fingerprint density at radius 2 is 2.09 bits per heavy atom. The van der Waals surface area contributed by atoms with Gasteiger partial charge in [0.25, 0.3) is 5.91 Å². The summed E-state index contributed by atoms with van der Waals surface area (Å²) < 4.78 is 2.65. The lowest BCUT2D eigenvalue weighted by Crippen LogP contribution is -2.26. The van der Waals surface area contributed by atoms with Gasteiger partial charge in [0.15, 0.2) is 0 Å². The van der Waals surface area contributed by atoms with Gasteiger partial charge in [-0.25, -0.2) is 4.98 Å². The van der Waals surface area contributed by atoms with Crippen molar-refractivity contribution in [3.8, 4) is 0 Å². The van der Waals surface area contributed by atoms with Crippen LogP contribution in [-0.4, -0.2) is 21.8 Å². The molecule has 0 spiro atoms. The second-order valence-corrected chi connectivity index (χ2v) is 6.21. The number of imidazole rings is 1. The predicted molar refractivity (Wildman–Crippen MR) is 90.4 cm³/mol. The lowest BCUT2D eigenvalue weighted by atomic mass is 10.1. The van der Waals surface area contributed by atoms with Gasteiger partial charge in [0.1, 0.15) is 5.65 Å². The van der Waals surface area contributed by atoms with Crippen molar-refractivity contribution in [2.45, 2.75) is 6.42 Å². The van der Waals surface area contributed by atoms with E-state index in [9.17, 15) is 4.79 Å². The molecular weight excluding hydrogens is 366 g/mol. The molecule has 0 saturated carbocycles. The maximum atomic E-state index is 12.3. The molecule has 1 aromatic carbocycles. The summed E-state index contributed by atoms with van der Waals surface area (Å²) in [6.45, 7) is 0.555. The summed E-state index contributed by atoms with van der Waals surface area (Å²) in [6, 6.07) is 9.39. The first-order valence-electron chi connectivity index (χ1n) is 6.78. The molecule has 3 aromatic rings. The highest BCUT2D eigenvalue weighted by atomic mass is 79.9. The summed E-state index contributed by atoms with van der Waals surface area (Å²) in [7, 11) is 0. The number of carbonyl (C=O) groups is 1. The molecule has 1 N–H and O–H groups in total. The Kier molecular flexibility index (Phi) is 4.45. The van der Waals surface area contributed by atoms with Gasteiger partial charge in [-0.15, -0.1) is 0 Å². The molecule has 0 saturated heterocycles. The van der Waals surface area contributed by atoms with Crippen LogP contribution in [0.4, 0.5) is 0 Å². The predicted octanol–water partition coefficient (Wildman–Crippen LogP) is 3.72. The zero-order chi connectivity index (χ0) is 15.5. The van der Waals surface area contributed by atoms with Crippen LogP contribution in [0.2, 0.25) is 5.02 Å². The Balaban J connectivity index is 1.68. The monoisotopic (exact) mass is 377 g/mol. The SMILES string of the molecule is O=C(NCCc1ccc(Cl)cc1)c1cc(Br)cn2ccnc12. The van der Waals surface area contributed by atoms with Gasteiger partial charge >= 0.3 is 0 Å². The zero-order valence-electron chi connectivity index (χ0n) is 11.6. The third kappa shape index (κ3) is 3.31. The highest BCUT2D eigenvalue weighted by Gasteiger charge is 2.12. The van der Waals surface area contributed by atoms with E-state index in [4.69, 9.17) is 11.6 Å². The Hall–Kier alpha value is -1.85. The fourth-order valence-electron chi connectivity index (χ4n) is 2.23. The zero-order valence-corrected chi connectivity index (χ0v) is 13.9. The number of carbonyl (C=O) groups excluding carboxylic acids is 1. The highest BCUT2D eigenvalue weighted by Crippen LogP contribution is 2.17. The van der Waals surface area contributed by atoms with Crippen LogP contribution in [0.1, 0.15) is 15.9 Å². The number of hydrogen-bond donors (Lipinski definition) is 1. The Bertz CT molecular complexity index is 814. The van der Waals surface area contributed by atoms with Crippen LogP contribution in [0, 0.1) is 0 Å². The van der Waals surface area contributed by atoms with Gasteiger partial charge in [-0.1, -0.05) is 23.7 Å². The molecule has 0 unspecified atom stereocenters. The number of rotatable bonds is 4. The van der Waals surface area contributed by atoms with E-state index in [1.54, 1.807) is 12.3 Å². The van der Waals surface area contributed by atoms with Gasteiger partial charge in [-0.05, 0) is 46.1 Å². The second-order valence-electron chi connectivity index (χ2n) is 4.86. The Morgan fingerprint density at radius 3 is 2.86 bits per heavy atom.